The lowest BCUT2D eigenvalue weighted by Crippen LogP contribution is -2.14. The number of amides is 1. The fourth-order valence-electron chi connectivity index (χ4n) is 1.27. The number of ether oxygens (including phenoxy) is 3. The topological polar surface area (TPSA) is 73.9 Å². The van der Waals surface area contributed by atoms with Crippen molar-refractivity contribution in [3.8, 4) is 5.75 Å². The quantitative estimate of drug-likeness (QED) is 0.637. The Bertz CT molecular complexity index is 389. The molecule has 1 amide bonds. The Hall–Kier alpha value is -2.24. The van der Waals surface area contributed by atoms with Gasteiger partial charge in [-0.05, 0) is 37.1 Å². The number of carbonyl (C=O) groups is 2. The molecule has 0 aliphatic rings. The number of rotatable bonds is 6. The Morgan fingerprint density at radius 2 is 1.60 bits per heavy atom. The minimum Gasteiger partial charge on any atom is -0.449 e. The normalized spacial score (nSPS) is 9.70. The highest BCUT2D eigenvalue weighted by Gasteiger charge is 2.06. The molecule has 20 heavy (non-hydrogen) atoms. The number of anilines is 1. The largest absolute Gasteiger partial charge is 0.513 e. The van der Waals surface area contributed by atoms with Crippen LogP contribution in [0.15, 0.2) is 24.3 Å². The number of nitrogens with one attached hydrogen (secondary N) is 1. The van der Waals surface area contributed by atoms with E-state index in [0.29, 0.717) is 24.7 Å². The number of hydrogen-bond donors (Lipinski definition) is 1. The summed E-state index contributed by atoms with van der Waals surface area (Å²) in [6.07, 6.45) is 0.246. The molecule has 0 unspecified atom stereocenters. The van der Waals surface area contributed by atoms with Crippen molar-refractivity contribution in [3.63, 3.8) is 0 Å². The van der Waals surface area contributed by atoms with Gasteiger partial charge in [0.2, 0.25) is 0 Å². The van der Waals surface area contributed by atoms with Crippen molar-refractivity contribution in [2.24, 2.45) is 0 Å². The average Bonchev–Trinajstić information content (AvgIpc) is 2.45. The molecule has 0 aliphatic heterocycles. The van der Waals surface area contributed by atoms with Gasteiger partial charge < -0.3 is 14.2 Å². The van der Waals surface area contributed by atoms with Gasteiger partial charge >= 0.3 is 12.2 Å². The second kappa shape index (κ2) is 8.79. The number of benzene rings is 1. The van der Waals surface area contributed by atoms with Crippen LogP contribution in [0.1, 0.15) is 26.7 Å². The highest BCUT2D eigenvalue weighted by atomic mass is 16.7. The SMILES string of the molecule is CCCOC(=O)Nc1ccc(OC(=O)OCCC)cc1. The molecule has 0 saturated heterocycles. The van der Waals surface area contributed by atoms with Gasteiger partial charge in [-0.25, -0.2) is 9.59 Å². The Morgan fingerprint density at radius 1 is 1.00 bits per heavy atom. The summed E-state index contributed by atoms with van der Waals surface area (Å²) in [5.41, 5.74) is 0.556. The first-order valence-corrected chi connectivity index (χ1v) is 6.54. The molecule has 0 saturated carbocycles. The van der Waals surface area contributed by atoms with E-state index in [1.54, 1.807) is 24.3 Å². The van der Waals surface area contributed by atoms with Crippen molar-refractivity contribution < 1.29 is 23.8 Å². The third kappa shape index (κ3) is 6.08. The lowest BCUT2D eigenvalue weighted by Gasteiger charge is -2.07. The predicted molar refractivity (Wildman–Crippen MR) is 74.0 cm³/mol. The van der Waals surface area contributed by atoms with Gasteiger partial charge in [-0.3, -0.25) is 5.32 Å². The molecule has 0 radical (unpaired) electrons. The maximum atomic E-state index is 11.3. The van der Waals surface area contributed by atoms with Crippen LogP contribution in [-0.2, 0) is 9.47 Å². The highest BCUT2D eigenvalue weighted by molar-refractivity contribution is 5.84. The highest BCUT2D eigenvalue weighted by Crippen LogP contribution is 2.16. The standard InChI is InChI=1S/C14H19NO5/c1-3-9-18-13(16)15-11-5-7-12(8-6-11)20-14(17)19-10-4-2/h5-8H,3-4,9-10H2,1-2H3,(H,15,16). The molecule has 0 bridgehead atoms. The molecule has 1 rings (SSSR count). The molecule has 0 spiro atoms. The molecule has 6 heteroatoms. The van der Waals surface area contributed by atoms with Gasteiger partial charge in [-0.1, -0.05) is 13.8 Å². The average molecular weight is 281 g/mol. The smallest absolute Gasteiger partial charge is 0.449 e. The summed E-state index contributed by atoms with van der Waals surface area (Å²) < 4.78 is 14.6. The zero-order valence-corrected chi connectivity index (χ0v) is 11.7. The van der Waals surface area contributed by atoms with Crippen LogP contribution >= 0.6 is 0 Å². The minimum absolute atomic E-state index is 0.321. The summed E-state index contributed by atoms with van der Waals surface area (Å²) in [7, 11) is 0. The first-order chi connectivity index (χ1) is 9.65. The molecule has 0 aromatic heterocycles. The van der Waals surface area contributed by atoms with E-state index in [1.165, 1.54) is 0 Å². The Labute approximate surface area is 118 Å². The van der Waals surface area contributed by atoms with Gasteiger partial charge in [-0.2, -0.15) is 0 Å². The van der Waals surface area contributed by atoms with Gasteiger partial charge in [0, 0.05) is 5.69 Å². The van der Waals surface area contributed by atoms with Crippen LogP contribution in [0.2, 0.25) is 0 Å². The van der Waals surface area contributed by atoms with E-state index in [9.17, 15) is 9.59 Å². The molecule has 0 atom stereocenters. The van der Waals surface area contributed by atoms with Crippen LogP contribution in [0.3, 0.4) is 0 Å². The zero-order chi connectivity index (χ0) is 14.8. The monoisotopic (exact) mass is 281 g/mol. The molecule has 1 N–H and O–H groups in total. The molecule has 0 aliphatic carbocycles. The van der Waals surface area contributed by atoms with E-state index >= 15 is 0 Å². The van der Waals surface area contributed by atoms with Gasteiger partial charge in [0.25, 0.3) is 0 Å². The maximum Gasteiger partial charge on any atom is 0.513 e. The van der Waals surface area contributed by atoms with Crippen LogP contribution in [-0.4, -0.2) is 25.5 Å². The first-order valence-electron chi connectivity index (χ1n) is 6.54. The van der Waals surface area contributed by atoms with Crippen LogP contribution < -0.4 is 10.1 Å². The van der Waals surface area contributed by atoms with Crippen molar-refractivity contribution in [2.45, 2.75) is 26.7 Å². The summed E-state index contributed by atoms with van der Waals surface area (Å²) in [6, 6.07) is 6.33. The number of hydrogen-bond acceptors (Lipinski definition) is 5. The summed E-state index contributed by atoms with van der Waals surface area (Å²) in [6.45, 7) is 4.50. The van der Waals surface area contributed by atoms with Gasteiger partial charge in [0.05, 0.1) is 13.2 Å². The van der Waals surface area contributed by atoms with Gasteiger partial charge in [-0.15, -0.1) is 0 Å². The van der Waals surface area contributed by atoms with Gasteiger partial charge in [0.15, 0.2) is 0 Å². The van der Waals surface area contributed by atoms with E-state index in [0.717, 1.165) is 12.8 Å². The van der Waals surface area contributed by atoms with Crippen molar-refractivity contribution in [1.82, 2.24) is 0 Å². The summed E-state index contributed by atoms with van der Waals surface area (Å²) in [5, 5.41) is 2.56. The molecular weight excluding hydrogens is 262 g/mol. The summed E-state index contributed by atoms with van der Waals surface area (Å²) in [4.78, 5) is 22.5. The third-order valence-electron chi connectivity index (χ3n) is 2.16. The lowest BCUT2D eigenvalue weighted by molar-refractivity contribution is 0.0991. The van der Waals surface area contributed by atoms with Crippen LogP contribution in [0.25, 0.3) is 0 Å². The van der Waals surface area contributed by atoms with E-state index in [4.69, 9.17) is 14.2 Å². The van der Waals surface area contributed by atoms with Crippen LogP contribution in [0, 0.1) is 0 Å². The second-order valence-electron chi connectivity index (χ2n) is 3.99. The van der Waals surface area contributed by atoms with E-state index in [2.05, 4.69) is 5.32 Å². The Balaban J connectivity index is 2.43. The second-order valence-corrected chi connectivity index (χ2v) is 3.99. The molecular formula is C14H19NO5. The fraction of sp³-hybridized carbons (Fsp3) is 0.429. The fourth-order valence-corrected chi connectivity index (χ4v) is 1.27. The van der Waals surface area contributed by atoms with Gasteiger partial charge in [0.1, 0.15) is 5.75 Å². The molecule has 110 valence electrons. The zero-order valence-electron chi connectivity index (χ0n) is 11.7. The summed E-state index contributed by atoms with van der Waals surface area (Å²) >= 11 is 0. The first kappa shape index (κ1) is 15.8. The third-order valence-corrected chi connectivity index (χ3v) is 2.16. The van der Waals surface area contributed by atoms with Crippen LogP contribution in [0.5, 0.6) is 5.75 Å². The molecule has 1 aromatic carbocycles. The van der Waals surface area contributed by atoms with Crippen molar-refractivity contribution in [2.75, 3.05) is 18.5 Å². The Morgan fingerprint density at radius 3 is 2.20 bits per heavy atom. The predicted octanol–water partition coefficient (Wildman–Crippen LogP) is 3.57. The van der Waals surface area contributed by atoms with Crippen molar-refractivity contribution in [3.05, 3.63) is 24.3 Å². The van der Waals surface area contributed by atoms with Crippen molar-refractivity contribution >= 4 is 17.9 Å². The minimum atomic E-state index is -0.741. The molecule has 0 fully saturated rings. The maximum absolute atomic E-state index is 11.3. The van der Waals surface area contributed by atoms with E-state index < -0.39 is 12.2 Å². The lowest BCUT2D eigenvalue weighted by atomic mass is 10.3. The molecule has 0 heterocycles. The van der Waals surface area contributed by atoms with E-state index in [1.807, 2.05) is 13.8 Å². The summed E-state index contributed by atoms with van der Waals surface area (Å²) in [5.74, 6) is 0.346. The molecule has 1 aromatic rings. The Kier molecular flexibility index (Phi) is 6.95. The van der Waals surface area contributed by atoms with E-state index in [-0.39, 0.29) is 0 Å². The number of carbonyl (C=O) groups excluding carboxylic acids is 2. The van der Waals surface area contributed by atoms with Crippen molar-refractivity contribution in [1.29, 1.82) is 0 Å². The van der Waals surface area contributed by atoms with Crippen LogP contribution in [0.4, 0.5) is 15.3 Å². The molecule has 6 nitrogen and oxygen atoms in total.